The van der Waals surface area contributed by atoms with Crippen LogP contribution >= 0.6 is 0 Å². The molecule has 0 aliphatic carbocycles. The van der Waals surface area contributed by atoms with Gasteiger partial charge in [-0.1, -0.05) is 6.07 Å². The van der Waals surface area contributed by atoms with Gasteiger partial charge in [0.15, 0.2) is 9.84 Å². The number of rotatable bonds is 3. The van der Waals surface area contributed by atoms with Gasteiger partial charge < -0.3 is 5.73 Å². The van der Waals surface area contributed by atoms with Gasteiger partial charge in [0.2, 0.25) is 0 Å². The smallest absolute Gasteiger partial charge is 0.182 e. The average molecular weight is 293 g/mol. The third kappa shape index (κ3) is 3.17. The van der Waals surface area contributed by atoms with Gasteiger partial charge in [0.1, 0.15) is 5.82 Å². The molecule has 0 radical (unpaired) electrons. The summed E-state index contributed by atoms with van der Waals surface area (Å²) in [6.45, 7) is 3.77. The monoisotopic (exact) mass is 293 g/mol. The van der Waals surface area contributed by atoms with Crippen molar-refractivity contribution in [1.82, 2.24) is 0 Å². The van der Waals surface area contributed by atoms with Gasteiger partial charge in [-0.2, -0.15) is 0 Å². The van der Waals surface area contributed by atoms with Crippen molar-refractivity contribution in [3.63, 3.8) is 0 Å². The maximum Gasteiger partial charge on any atom is 0.182 e. The first-order chi connectivity index (χ1) is 9.28. The van der Waals surface area contributed by atoms with Crippen molar-refractivity contribution in [1.29, 1.82) is 0 Å². The van der Waals surface area contributed by atoms with Crippen LogP contribution in [0, 0.1) is 19.7 Å². The summed E-state index contributed by atoms with van der Waals surface area (Å²) in [6, 6.07) is 8.79. The number of nitrogens with two attached hydrogens (primary N) is 1. The van der Waals surface area contributed by atoms with Gasteiger partial charge >= 0.3 is 0 Å². The number of benzene rings is 2. The van der Waals surface area contributed by atoms with E-state index in [2.05, 4.69) is 0 Å². The minimum Gasteiger partial charge on any atom is -0.399 e. The molecule has 2 rings (SSSR count). The SMILES string of the molecule is Cc1ccc(S(=O)(=O)Cc2cc(N)cc(F)c2)cc1C. The second kappa shape index (κ2) is 5.25. The fourth-order valence-electron chi connectivity index (χ4n) is 1.97. The van der Waals surface area contributed by atoms with E-state index >= 15 is 0 Å². The molecule has 0 unspecified atom stereocenters. The van der Waals surface area contributed by atoms with Crippen LogP contribution in [0.15, 0.2) is 41.3 Å². The fraction of sp³-hybridized carbons (Fsp3) is 0.200. The van der Waals surface area contributed by atoms with Crippen LogP contribution in [-0.2, 0) is 15.6 Å². The predicted octanol–water partition coefficient (Wildman–Crippen LogP) is 3.00. The molecule has 0 spiro atoms. The van der Waals surface area contributed by atoms with Crippen LogP contribution in [-0.4, -0.2) is 8.42 Å². The van der Waals surface area contributed by atoms with E-state index < -0.39 is 15.7 Å². The summed E-state index contributed by atoms with van der Waals surface area (Å²) in [5, 5.41) is 0. The van der Waals surface area contributed by atoms with Gasteiger partial charge in [0.25, 0.3) is 0 Å². The molecule has 0 atom stereocenters. The van der Waals surface area contributed by atoms with E-state index in [4.69, 9.17) is 5.73 Å². The first-order valence-corrected chi connectivity index (χ1v) is 7.78. The molecule has 0 aliphatic rings. The first-order valence-electron chi connectivity index (χ1n) is 6.13. The van der Waals surface area contributed by atoms with Crippen molar-refractivity contribution in [3.05, 3.63) is 58.9 Å². The van der Waals surface area contributed by atoms with E-state index in [0.29, 0.717) is 5.56 Å². The van der Waals surface area contributed by atoms with Crippen LogP contribution in [0.1, 0.15) is 16.7 Å². The van der Waals surface area contributed by atoms with E-state index in [9.17, 15) is 12.8 Å². The summed E-state index contributed by atoms with van der Waals surface area (Å²) in [5.41, 5.74) is 8.03. The normalized spacial score (nSPS) is 11.6. The first kappa shape index (κ1) is 14.5. The van der Waals surface area contributed by atoms with Crippen LogP contribution < -0.4 is 5.73 Å². The van der Waals surface area contributed by atoms with Crippen LogP contribution in [0.5, 0.6) is 0 Å². The molecule has 0 fully saturated rings. The Morgan fingerprint density at radius 3 is 2.35 bits per heavy atom. The standard InChI is InChI=1S/C15H16FNO2S/c1-10-3-4-15(5-11(10)2)20(18,19)9-12-6-13(16)8-14(17)7-12/h3-8H,9,17H2,1-2H3. The van der Waals surface area contributed by atoms with Crippen molar-refractivity contribution in [2.45, 2.75) is 24.5 Å². The molecule has 0 heterocycles. The van der Waals surface area contributed by atoms with Crippen molar-refractivity contribution < 1.29 is 12.8 Å². The number of sulfone groups is 1. The second-order valence-corrected chi connectivity index (χ2v) is 6.89. The minimum atomic E-state index is -3.51. The third-order valence-electron chi connectivity index (χ3n) is 3.17. The van der Waals surface area contributed by atoms with E-state index in [1.54, 1.807) is 18.2 Å². The lowest BCUT2D eigenvalue weighted by Crippen LogP contribution is -2.06. The maximum absolute atomic E-state index is 13.2. The Balaban J connectivity index is 2.37. The zero-order valence-corrected chi connectivity index (χ0v) is 12.2. The Labute approximate surface area is 118 Å². The van der Waals surface area contributed by atoms with E-state index in [1.165, 1.54) is 12.1 Å². The number of hydrogen-bond acceptors (Lipinski definition) is 3. The molecule has 3 nitrogen and oxygen atoms in total. The molecule has 0 amide bonds. The molecule has 0 aliphatic heterocycles. The summed E-state index contributed by atoms with van der Waals surface area (Å²) in [5.74, 6) is -0.799. The molecular weight excluding hydrogens is 277 g/mol. The van der Waals surface area contributed by atoms with Gasteiger partial charge in [-0.15, -0.1) is 0 Å². The maximum atomic E-state index is 13.2. The largest absolute Gasteiger partial charge is 0.399 e. The van der Waals surface area contributed by atoms with Crippen molar-refractivity contribution in [3.8, 4) is 0 Å². The third-order valence-corrected chi connectivity index (χ3v) is 4.86. The van der Waals surface area contributed by atoms with Crippen LogP contribution in [0.25, 0.3) is 0 Å². The minimum absolute atomic E-state index is 0.218. The van der Waals surface area contributed by atoms with Gasteiger partial charge in [-0.05, 0) is 60.9 Å². The Hall–Kier alpha value is -1.88. The van der Waals surface area contributed by atoms with E-state index in [0.717, 1.165) is 17.2 Å². The molecule has 2 N–H and O–H groups in total. The highest BCUT2D eigenvalue weighted by Gasteiger charge is 2.16. The predicted molar refractivity (Wildman–Crippen MR) is 77.6 cm³/mol. The number of halogens is 1. The molecule has 5 heteroatoms. The van der Waals surface area contributed by atoms with Gasteiger partial charge in [-0.25, -0.2) is 12.8 Å². The Bertz CT molecular complexity index is 734. The van der Waals surface area contributed by atoms with Crippen LogP contribution in [0.2, 0.25) is 0 Å². The van der Waals surface area contributed by atoms with E-state index in [1.807, 2.05) is 13.8 Å². The molecule has 106 valence electrons. The lowest BCUT2D eigenvalue weighted by molar-refractivity contribution is 0.594. The molecule has 20 heavy (non-hydrogen) atoms. The molecule has 2 aromatic rings. The zero-order valence-electron chi connectivity index (χ0n) is 11.4. The topological polar surface area (TPSA) is 60.2 Å². The molecule has 0 aromatic heterocycles. The van der Waals surface area contributed by atoms with Crippen molar-refractivity contribution in [2.24, 2.45) is 0 Å². The number of hydrogen-bond donors (Lipinski definition) is 1. The highest BCUT2D eigenvalue weighted by atomic mass is 32.2. The van der Waals surface area contributed by atoms with Gasteiger partial charge in [0, 0.05) is 5.69 Å². The number of aryl methyl sites for hydroxylation is 2. The van der Waals surface area contributed by atoms with Gasteiger partial charge in [0.05, 0.1) is 10.6 Å². The van der Waals surface area contributed by atoms with Crippen molar-refractivity contribution in [2.75, 3.05) is 5.73 Å². The lowest BCUT2D eigenvalue weighted by atomic mass is 10.1. The molecule has 0 bridgehead atoms. The van der Waals surface area contributed by atoms with Gasteiger partial charge in [-0.3, -0.25) is 0 Å². The highest BCUT2D eigenvalue weighted by Crippen LogP contribution is 2.21. The lowest BCUT2D eigenvalue weighted by Gasteiger charge is -2.08. The Kier molecular flexibility index (Phi) is 3.81. The van der Waals surface area contributed by atoms with Crippen LogP contribution in [0.4, 0.5) is 10.1 Å². The van der Waals surface area contributed by atoms with Crippen LogP contribution in [0.3, 0.4) is 0 Å². The fourth-order valence-corrected chi connectivity index (χ4v) is 3.37. The Morgan fingerprint density at radius 1 is 1.05 bits per heavy atom. The summed E-state index contributed by atoms with van der Waals surface area (Å²) < 4.78 is 37.9. The highest BCUT2D eigenvalue weighted by molar-refractivity contribution is 7.90. The molecule has 0 saturated carbocycles. The summed E-state index contributed by atoms with van der Waals surface area (Å²) in [6.07, 6.45) is 0. The summed E-state index contributed by atoms with van der Waals surface area (Å²) in [4.78, 5) is 0.239. The Morgan fingerprint density at radius 2 is 1.75 bits per heavy atom. The summed E-state index contributed by atoms with van der Waals surface area (Å²) >= 11 is 0. The van der Waals surface area contributed by atoms with Crippen molar-refractivity contribution >= 4 is 15.5 Å². The number of nitrogen functional groups attached to an aromatic ring is 1. The summed E-state index contributed by atoms with van der Waals surface area (Å²) in [7, 11) is -3.51. The zero-order chi connectivity index (χ0) is 14.9. The average Bonchev–Trinajstić information content (AvgIpc) is 2.30. The molecule has 2 aromatic carbocycles. The quantitative estimate of drug-likeness (QED) is 0.885. The number of anilines is 1. The van der Waals surface area contributed by atoms with E-state index in [-0.39, 0.29) is 16.3 Å². The second-order valence-electron chi connectivity index (χ2n) is 4.90. The molecule has 0 saturated heterocycles. The molecular formula is C15H16FNO2S.